The van der Waals surface area contributed by atoms with Gasteiger partial charge in [0.2, 0.25) is 0 Å². The minimum absolute atomic E-state index is 0. The van der Waals surface area contributed by atoms with E-state index in [1.54, 1.807) is 18.4 Å². The second kappa shape index (κ2) is 10.2. The zero-order valence-electron chi connectivity index (χ0n) is 14.3. The van der Waals surface area contributed by atoms with Crippen LogP contribution in [0.2, 0.25) is 0 Å². The number of guanidine groups is 1. The molecule has 1 aromatic heterocycles. The number of rotatable bonds is 5. The maximum atomic E-state index is 4.57. The highest BCUT2D eigenvalue weighted by atomic mass is 127. The van der Waals surface area contributed by atoms with E-state index in [4.69, 9.17) is 0 Å². The lowest BCUT2D eigenvalue weighted by Crippen LogP contribution is -2.38. The molecule has 1 N–H and O–H groups in total. The molecule has 0 aliphatic rings. The molecular formula is C16H23BrIN5S. The summed E-state index contributed by atoms with van der Waals surface area (Å²) in [5, 5.41) is 6.45. The van der Waals surface area contributed by atoms with Gasteiger partial charge in [-0.05, 0) is 11.6 Å². The lowest BCUT2D eigenvalue weighted by Gasteiger charge is -2.22. The van der Waals surface area contributed by atoms with Gasteiger partial charge < -0.3 is 15.1 Å². The Balaban J connectivity index is 0.00000288. The molecule has 5 nitrogen and oxygen atoms in total. The zero-order valence-corrected chi connectivity index (χ0v) is 19.0. The van der Waals surface area contributed by atoms with Crippen LogP contribution in [0.3, 0.4) is 0 Å². The summed E-state index contributed by atoms with van der Waals surface area (Å²) in [5.41, 5.74) is 2.25. The Morgan fingerprint density at radius 3 is 2.58 bits per heavy atom. The van der Waals surface area contributed by atoms with E-state index in [0.29, 0.717) is 6.54 Å². The predicted octanol–water partition coefficient (Wildman–Crippen LogP) is 3.80. The van der Waals surface area contributed by atoms with Crippen molar-refractivity contribution < 1.29 is 0 Å². The van der Waals surface area contributed by atoms with Crippen molar-refractivity contribution in [3.63, 3.8) is 0 Å². The summed E-state index contributed by atoms with van der Waals surface area (Å²) in [6, 6.07) is 8.22. The van der Waals surface area contributed by atoms with E-state index >= 15 is 0 Å². The Kier molecular flexibility index (Phi) is 8.99. The molecule has 0 fully saturated rings. The van der Waals surface area contributed by atoms with Gasteiger partial charge in [-0.15, -0.1) is 35.3 Å². The third-order valence-corrected chi connectivity index (χ3v) is 5.12. The molecule has 0 saturated carbocycles. The second-order valence-electron chi connectivity index (χ2n) is 5.36. The first-order valence-electron chi connectivity index (χ1n) is 7.28. The normalized spacial score (nSPS) is 11.0. The van der Waals surface area contributed by atoms with E-state index in [2.05, 4.69) is 53.6 Å². The number of anilines is 1. The van der Waals surface area contributed by atoms with Crippen LogP contribution in [0.15, 0.2) is 39.1 Å². The van der Waals surface area contributed by atoms with Gasteiger partial charge in [0.1, 0.15) is 0 Å². The number of aromatic nitrogens is 1. The van der Waals surface area contributed by atoms with Crippen molar-refractivity contribution in [3.8, 4) is 0 Å². The first-order chi connectivity index (χ1) is 11.0. The van der Waals surface area contributed by atoms with E-state index in [0.717, 1.165) is 27.8 Å². The highest BCUT2D eigenvalue weighted by Crippen LogP contribution is 2.18. The number of nitrogens with one attached hydrogen (secondary N) is 1. The summed E-state index contributed by atoms with van der Waals surface area (Å²) in [4.78, 5) is 13.0. The van der Waals surface area contributed by atoms with Crippen molar-refractivity contribution >= 4 is 62.3 Å². The van der Waals surface area contributed by atoms with Crippen LogP contribution in [0.25, 0.3) is 0 Å². The third kappa shape index (κ3) is 5.89. The molecule has 132 valence electrons. The van der Waals surface area contributed by atoms with Gasteiger partial charge in [-0.3, -0.25) is 4.99 Å². The fraction of sp³-hybridized carbons (Fsp3) is 0.375. The average Bonchev–Trinajstić information content (AvgIpc) is 2.99. The largest absolute Gasteiger partial charge is 0.354 e. The van der Waals surface area contributed by atoms with Crippen molar-refractivity contribution in [2.24, 2.45) is 4.99 Å². The molecule has 0 unspecified atom stereocenters. The average molecular weight is 524 g/mol. The van der Waals surface area contributed by atoms with Gasteiger partial charge >= 0.3 is 0 Å². The van der Waals surface area contributed by atoms with Crippen LogP contribution in [-0.4, -0.2) is 44.0 Å². The SMILES string of the molecule is CN=C(NCc1csc(N(C)C)n1)N(C)Cc1ccccc1Br.I. The van der Waals surface area contributed by atoms with Crippen LogP contribution in [0.5, 0.6) is 0 Å². The maximum absolute atomic E-state index is 4.57. The van der Waals surface area contributed by atoms with E-state index in [9.17, 15) is 0 Å². The van der Waals surface area contributed by atoms with Crippen molar-refractivity contribution in [1.82, 2.24) is 15.2 Å². The molecule has 8 heteroatoms. The monoisotopic (exact) mass is 523 g/mol. The number of aliphatic imine (C=N–C) groups is 1. The molecule has 2 rings (SSSR count). The minimum atomic E-state index is 0. The molecule has 0 spiro atoms. The summed E-state index contributed by atoms with van der Waals surface area (Å²) in [5.74, 6) is 0.847. The van der Waals surface area contributed by atoms with Crippen molar-refractivity contribution in [3.05, 3.63) is 45.4 Å². The summed E-state index contributed by atoms with van der Waals surface area (Å²) in [6.07, 6.45) is 0. The topological polar surface area (TPSA) is 43.8 Å². The molecule has 2 aromatic rings. The third-order valence-electron chi connectivity index (χ3n) is 3.29. The molecule has 0 bridgehead atoms. The maximum Gasteiger partial charge on any atom is 0.194 e. The van der Waals surface area contributed by atoms with Crippen molar-refractivity contribution in [2.45, 2.75) is 13.1 Å². The Labute approximate surface area is 173 Å². The van der Waals surface area contributed by atoms with Crippen LogP contribution in [0.4, 0.5) is 5.13 Å². The lowest BCUT2D eigenvalue weighted by molar-refractivity contribution is 0.475. The number of thiazole rings is 1. The van der Waals surface area contributed by atoms with Crippen LogP contribution < -0.4 is 10.2 Å². The van der Waals surface area contributed by atoms with Crippen LogP contribution in [-0.2, 0) is 13.1 Å². The fourth-order valence-corrected chi connectivity index (χ4v) is 3.26. The van der Waals surface area contributed by atoms with Gasteiger partial charge in [0, 0.05) is 44.6 Å². The van der Waals surface area contributed by atoms with E-state index in [1.807, 2.05) is 38.2 Å². The smallest absolute Gasteiger partial charge is 0.194 e. The predicted molar refractivity (Wildman–Crippen MR) is 118 cm³/mol. The molecule has 1 aromatic carbocycles. The molecule has 0 radical (unpaired) electrons. The fourth-order valence-electron chi connectivity index (χ4n) is 2.09. The molecule has 0 aliphatic heterocycles. The van der Waals surface area contributed by atoms with E-state index < -0.39 is 0 Å². The first-order valence-corrected chi connectivity index (χ1v) is 8.95. The summed E-state index contributed by atoms with van der Waals surface area (Å²) < 4.78 is 1.11. The van der Waals surface area contributed by atoms with Crippen LogP contribution in [0.1, 0.15) is 11.3 Å². The number of benzene rings is 1. The number of halogens is 2. The standard InChI is InChI=1S/C16H22BrN5S.HI/c1-18-15(19-9-13-11-23-16(20-13)21(2)3)22(4)10-12-7-5-6-8-14(12)17;/h5-8,11H,9-10H2,1-4H3,(H,18,19);1H. The first kappa shape index (κ1) is 21.2. The van der Waals surface area contributed by atoms with Gasteiger partial charge in [-0.2, -0.15) is 0 Å². The molecular weight excluding hydrogens is 501 g/mol. The summed E-state index contributed by atoms with van der Waals surface area (Å²) in [7, 11) is 7.83. The van der Waals surface area contributed by atoms with Gasteiger partial charge in [-0.1, -0.05) is 34.1 Å². The zero-order chi connectivity index (χ0) is 16.8. The van der Waals surface area contributed by atoms with Gasteiger partial charge in [0.15, 0.2) is 11.1 Å². The Morgan fingerprint density at radius 1 is 1.29 bits per heavy atom. The lowest BCUT2D eigenvalue weighted by atomic mass is 10.2. The quantitative estimate of drug-likeness (QED) is 0.368. The van der Waals surface area contributed by atoms with E-state index in [-0.39, 0.29) is 24.0 Å². The van der Waals surface area contributed by atoms with Gasteiger partial charge in [0.05, 0.1) is 12.2 Å². The Bertz CT molecular complexity index is 674. The highest BCUT2D eigenvalue weighted by Gasteiger charge is 2.10. The molecule has 0 saturated heterocycles. The van der Waals surface area contributed by atoms with Crippen LogP contribution in [0, 0.1) is 0 Å². The van der Waals surface area contributed by atoms with Crippen molar-refractivity contribution in [1.29, 1.82) is 0 Å². The highest BCUT2D eigenvalue weighted by molar-refractivity contribution is 14.0. The molecule has 0 aliphatic carbocycles. The van der Waals surface area contributed by atoms with Crippen LogP contribution >= 0.6 is 51.2 Å². The summed E-state index contributed by atoms with van der Waals surface area (Å²) >= 11 is 5.23. The molecule has 0 amide bonds. The Hall–Kier alpha value is -0.870. The molecule has 0 atom stereocenters. The van der Waals surface area contributed by atoms with Crippen molar-refractivity contribution in [2.75, 3.05) is 33.1 Å². The van der Waals surface area contributed by atoms with Gasteiger partial charge in [0.25, 0.3) is 0 Å². The van der Waals surface area contributed by atoms with Gasteiger partial charge in [-0.25, -0.2) is 4.98 Å². The summed E-state index contributed by atoms with van der Waals surface area (Å²) in [6.45, 7) is 1.44. The minimum Gasteiger partial charge on any atom is -0.354 e. The Morgan fingerprint density at radius 2 is 2.00 bits per heavy atom. The number of hydrogen-bond acceptors (Lipinski definition) is 4. The number of hydrogen-bond donors (Lipinski definition) is 1. The second-order valence-corrected chi connectivity index (χ2v) is 7.05. The molecule has 24 heavy (non-hydrogen) atoms. The number of nitrogens with zero attached hydrogens (tertiary/aromatic N) is 4. The molecule has 1 heterocycles. The van der Waals surface area contributed by atoms with E-state index in [1.165, 1.54) is 5.56 Å².